The molecule has 1 amide bonds. The van der Waals surface area contributed by atoms with Crippen LogP contribution in [-0.4, -0.2) is 34.1 Å². The van der Waals surface area contributed by atoms with Crippen LogP contribution in [0.4, 0.5) is 8.78 Å². The van der Waals surface area contributed by atoms with E-state index in [1.807, 2.05) is 0 Å². The van der Waals surface area contributed by atoms with Gasteiger partial charge in [-0.05, 0) is 24.3 Å². The van der Waals surface area contributed by atoms with E-state index in [4.69, 9.17) is 0 Å². The van der Waals surface area contributed by atoms with Gasteiger partial charge in [0.2, 0.25) is 0 Å². The Hall–Kier alpha value is -3.15. The molecule has 0 spiro atoms. The van der Waals surface area contributed by atoms with Crippen LogP contribution in [0.2, 0.25) is 0 Å². The summed E-state index contributed by atoms with van der Waals surface area (Å²) in [6, 6.07) is 4.62. The van der Waals surface area contributed by atoms with Gasteiger partial charge in [-0.25, -0.2) is 26.9 Å². The van der Waals surface area contributed by atoms with E-state index in [1.165, 1.54) is 18.5 Å². The summed E-state index contributed by atoms with van der Waals surface area (Å²) in [7, 11) is -4.27. The fourth-order valence-corrected chi connectivity index (χ4v) is 3.19. The van der Waals surface area contributed by atoms with Crippen molar-refractivity contribution in [3.8, 4) is 0 Å². The first kappa shape index (κ1) is 17.7. The first-order chi connectivity index (χ1) is 12.3. The number of benzene rings is 1. The third-order valence-electron chi connectivity index (χ3n) is 3.36. The van der Waals surface area contributed by atoms with E-state index in [9.17, 15) is 26.8 Å². The Morgan fingerprint density at radius 2 is 2.08 bits per heavy atom. The SMILES string of the molecule is O=C(Cn1ccc(C(F)F)n1)NS(=O)(=O)c1ccc2nc[nH]c(=O)c2c1. The molecule has 0 atom stereocenters. The number of carbonyl (C=O) groups excluding carboxylic acids is 1. The van der Waals surface area contributed by atoms with Crippen LogP contribution in [-0.2, 0) is 21.4 Å². The summed E-state index contributed by atoms with van der Waals surface area (Å²) < 4.78 is 52.2. The van der Waals surface area contributed by atoms with Crippen molar-refractivity contribution in [2.75, 3.05) is 0 Å². The minimum absolute atomic E-state index is 0.0384. The van der Waals surface area contributed by atoms with Gasteiger partial charge in [0.25, 0.3) is 27.9 Å². The smallest absolute Gasteiger partial charge is 0.282 e. The van der Waals surface area contributed by atoms with Crippen LogP contribution < -0.4 is 10.3 Å². The Kier molecular flexibility index (Phi) is 4.50. The zero-order valence-corrected chi connectivity index (χ0v) is 13.7. The van der Waals surface area contributed by atoms with Crippen LogP contribution in [0.5, 0.6) is 0 Å². The highest BCUT2D eigenvalue weighted by Gasteiger charge is 2.20. The summed E-state index contributed by atoms with van der Waals surface area (Å²) in [4.78, 5) is 29.5. The number of aromatic nitrogens is 4. The van der Waals surface area contributed by atoms with E-state index >= 15 is 0 Å². The Bertz CT molecular complexity index is 1140. The van der Waals surface area contributed by atoms with Crippen molar-refractivity contribution >= 4 is 26.8 Å². The molecule has 0 fully saturated rings. The third kappa shape index (κ3) is 3.59. The molecule has 1 aromatic carbocycles. The van der Waals surface area contributed by atoms with Crippen LogP contribution in [0.3, 0.4) is 0 Å². The summed E-state index contributed by atoms with van der Waals surface area (Å²) in [6.07, 6.45) is -0.486. The second-order valence-electron chi connectivity index (χ2n) is 5.18. The molecule has 12 heteroatoms. The number of rotatable bonds is 5. The minimum atomic E-state index is -4.27. The van der Waals surface area contributed by atoms with Crippen molar-refractivity contribution in [3.05, 3.63) is 52.8 Å². The number of fused-ring (bicyclic) bond motifs is 1. The maximum atomic E-state index is 12.5. The van der Waals surface area contributed by atoms with Gasteiger partial charge < -0.3 is 4.98 Å². The molecule has 2 aromatic heterocycles. The van der Waals surface area contributed by atoms with E-state index in [0.717, 1.165) is 23.0 Å². The summed E-state index contributed by atoms with van der Waals surface area (Å²) in [5.41, 5.74) is -0.772. The Labute approximate surface area is 144 Å². The lowest BCUT2D eigenvalue weighted by atomic mass is 10.2. The number of halogens is 2. The predicted octanol–water partition coefficient (Wildman–Crippen LogP) is 0.562. The van der Waals surface area contributed by atoms with Crippen LogP contribution in [0.1, 0.15) is 12.1 Å². The lowest BCUT2D eigenvalue weighted by Gasteiger charge is -2.07. The fraction of sp³-hybridized carbons (Fsp3) is 0.143. The van der Waals surface area contributed by atoms with Crippen molar-refractivity contribution in [1.29, 1.82) is 0 Å². The highest BCUT2D eigenvalue weighted by molar-refractivity contribution is 7.90. The topological polar surface area (TPSA) is 127 Å². The zero-order chi connectivity index (χ0) is 18.9. The molecular weight excluding hydrogens is 372 g/mol. The standard InChI is InChI=1S/C14H11F2N5O4S/c15-13(16)11-3-4-21(19-11)6-12(22)20-26(24,25)8-1-2-10-9(5-8)14(23)18-7-17-10/h1-5,7,13H,6H2,(H,20,22)(H,17,18,23). The summed E-state index contributed by atoms with van der Waals surface area (Å²) >= 11 is 0. The lowest BCUT2D eigenvalue weighted by molar-refractivity contribution is -0.120. The molecular formula is C14H11F2N5O4S. The molecule has 0 saturated heterocycles. The molecule has 26 heavy (non-hydrogen) atoms. The number of H-pyrrole nitrogens is 1. The Morgan fingerprint density at radius 3 is 2.77 bits per heavy atom. The van der Waals surface area contributed by atoms with E-state index in [-0.39, 0.29) is 15.8 Å². The second kappa shape index (κ2) is 6.63. The molecule has 0 unspecified atom stereocenters. The average molecular weight is 383 g/mol. The maximum Gasteiger partial charge on any atom is 0.282 e. The van der Waals surface area contributed by atoms with Gasteiger partial charge in [0.1, 0.15) is 12.2 Å². The maximum absolute atomic E-state index is 12.5. The van der Waals surface area contributed by atoms with Crippen LogP contribution in [0.25, 0.3) is 10.9 Å². The van der Waals surface area contributed by atoms with Crippen molar-refractivity contribution in [1.82, 2.24) is 24.5 Å². The van der Waals surface area contributed by atoms with Crippen molar-refractivity contribution < 1.29 is 22.0 Å². The van der Waals surface area contributed by atoms with Gasteiger partial charge in [0, 0.05) is 6.20 Å². The molecule has 2 heterocycles. The summed E-state index contributed by atoms with van der Waals surface area (Å²) in [5.74, 6) is -0.978. The van der Waals surface area contributed by atoms with Gasteiger partial charge >= 0.3 is 0 Å². The van der Waals surface area contributed by atoms with Gasteiger partial charge in [0.05, 0.1) is 22.1 Å². The van der Waals surface area contributed by atoms with Gasteiger partial charge in [-0.2, -0.15) is 5.10 Å². The van der Waals surface area contributed by atoms with Crippen molar-refractivity contribution in [3.63, 3.8) is 0 Å². The number of nitrogens with one attached hydrogen (secondary N) is 2. The highest BCUT2D eigenvalue weighted by Crippen LogP contribution is 2.16. The number of aromatic amines is 1. The van der Waals surface area contributed by atoms with E-state index in [1.54, 1.807) is 4.72 Å². The predicted molar refractivity (Wildman–Crippen MR) is 84.9 cm³/mol. The zero-order valence-electron chi connectivity index (χ0n) is 12.9. The number of alkyl halides is 2. The quantitative estimate of drug-likeness (QED) is 0.663. The number of amides is 1. The molecule has 3 rings (SSSR count). The first-order valence-corrected chi connectivity index (χ1v) is 8.59. The number of sulfonamides is 1. The Morgan fingerprint density at radius 1 is 1.31 bits per heavy atom. The molecule has 0 bridgehead atoms. The van der Waals surface area contributed by atoms with E-state index in [0.29, 0.717) is 0 Å². The molecule has 0 saturated carbocycles. The van der Waals surface area contributed by atoms with Crippen LogP contribution >= 0.6 is 0 Å². The number of hydrogen-bond acceptors (Lipinski definition) is 6. The lowest BCUT2D eigenvalue weighted by Crippen LogP contribution is -2.33. The monoisotopic (exact) mass is 383 g/mol. The van der Waals surface area contributed by atoms with Crippen molar-refractivity contribution in [2.45, 2.75) is 17.9 Å². The number of carbonyl (C=O) groups is 1. The molecule has 3 aromatic rings. The van der Waals surface area contributed by atoms with Crippen LogP contribution in [0.15, 0.2) is 46.5 Å². The van der Waals surface area contributed by atoms with Crippen molar-refractivity contribution in [2.24, 2.45) is 0 Å². The van der Waals surface area contributed by atoms with Crippen LogP contribution in [0, 0.1) is 0 Å². The minimum Gasteiger partial charge on any atom is -0.313 e. The molecule has 2 N–H and O–H groups in total. The fourth-order valence-electron chi connectivity index (χ4n) is 2.18. The first-order valence-electron chi connectivity index (χ1n) is 7.11. The largest absolute Gasteiger partial charge is 0.313 e. The highest BCUT2D eigenvalue weighted by atomic mass is 32.2. The summed E-state index contributed by atoms with van der Waals surface area (Å²) in [5, 5.41) is 3.50. The van der Waals surface area contributed by atoms with Gasteiger partial charge in [0.15, 0.2) is 0 Å². The molecule has 136 valence electrons. The third-order valence-corrected chi connectivity index (χ3v) is 4.73. The second-order valence-corrected chi connectivity index (χ2v) is 6.86. The van der Waals surface area contributed by atoms with Gasteiger partial charge in [-0.3, -0.25) is 14.3 Å². The molecule has 0 radical (unpaired) electrons. The Balaban J connectivity index is 1.80. The molecule has 0 aliphatic carbocycles. The average Bonchev–Trinajstić information content (AvgIpc) is 3.03. The molecule has 0 aliphatic rings. The molecule has 0 aliphatic heterocycles. The summed E-state index contributed by atoms with van der Waals surface area (Å²) in [6.45, 7) is -0.568. The van der Waals surface area contributed by atoms with E-state index in [2.05, 4.69) is 15.1 Å². The number of hydrogen-bond donors (Lipinski definition) is 2. The van der Waals surface area contributed by atoms with Gasteiger partial charge in [-0.1, -0.05) is 0 Å². The van der Waals surface area contributed by atoms with E-state index < -0.39 is 40.2 Å². The van der Waals surface area contributed by atoms with Gasteiger partial charge in [-0.15, -0.1) is 0 Å². The molecule has 9 nitrogen and oxygen atoms in total. The number of nitrogens with zero attached hydrogens (tertiary/aromatic N) is 3. The normalized spacial score (nSPS) is 11.8.